The third-order valence-corrected chi connectivity index (χ3v) is 4.67. The highest BCUT2D eigenvalue weighted by molar-refractivity contribution is 9.10. The average molecular weight is 296 g/mol. The minimum atomic E-state index is 0.132. The Hall–Kier alpha value is -0.830. The molecule has 2 nitrogen and oxygen atoms in total. The summed E-state index contributed by atoms with van der Waals surface area (Å²) in [5.74, 6) is 0.132. The summed E-state index contributed by atoms with van der Waals surface area (Å²) in [7, 11) is 1.92. The van der Waals surface area contributed by atoms with Crippen molar-refractivity contribution in [1.82, 2.24) is 4.90 Å². The van der Waals surface area contributed by atoms with Crippen LogP contribution in [0.15, 0.2) is 22.7 Å². The van der Waals surface area contributed by atoms with Crippen LogP contribution in [0.25, 0.3) is 0 Å². The largest absolute Gasteiger partial charge is 0.339 e. The molecule has 0 atom stereocenters. The summed E-state index contributed by atoms with van der Waals surface area (Å²) >= 11 is 3.51. The molecule has 1 fully saturated rings. The average Bonchev–Trinajstić information content (AvgIpc) is 2.84. The van der Waals surface area contributed by atoms with Gasteiger partial charge in [-0.15, -0.1) is 0 Å². The summed E-state index contributed by atoms with van der Waals surface area (Å²) in [6.45, 7) is 2.01. The van der Waals surface area contributed by atoms with Crippen molar-refractivity contribution in [2.45, 2.75) is 38.6 Å². The van der Waals surface area contributed by atoms with Crippen molar-refractivity contribution >= 4 is 21.8 Å². The van der Waals surface area contributed by atoms with E-state index in [-0.39, 0.29) is 5.91 Å². The normalized spacial score (nSPS) is 16.2. The molecule has 0 aromatic heterocycles. The second kappa shape index (κ2) is 5.21. The lowest BCUT2D eigenvalue weighted by molar-refractivity contribution is 0.0734. The maximum Gasteiger partial charge on any atom is 0.254 e. The molecule has 3 heteroatoms. The van der Waals surface area contributed by atoms with Crippen LogP contribution in [-0.4, -0.2) is 23.9 Å². The van der Waals surface area contributed by atoms with E-state index in [0.29, 0.717) is 6.04 Å². The Morgan fingerprint density at radius 2 is 2.00 bits per heavy atom. The number of aryl methyl sites for hydroxylation is 1. The molecule has 1 saturated carbocycles. The number of carbonyl (C=O) groups is 1. The number of benzene rings is 1. The van der Waals surface area contributed by atoms with E-state index in [1.165, 1.54) is 12.8 Å². The number of amides is 1. The highest BCUT2D eigenvalue weighted by atomic mass is 79.9. The summed E-state index contributed by atoms with van der Waals surface area (Å²) in [6, 6.07) is 6.27. The molecule has 0 radical (unpaired) electrons. The molecule has 92 valence electrons. The predicted molar refractivity (Wildman–Crippen MR) is 73.2 cm³/mol. The third-order valence-electron chi connectivity index (χ3n) is 3.61. The van der Waals surface area contributed by atoms with Gasteiger partial charge in [0, 0.05) is 17.6 Å². The van der Waals surface area contributed by atoms with E-state index in [1.54, 1.807) is 0 Å². The monoisotopic (exact) mass is 295 g/mol. The quantitative estimate of drug-likeness (QED) is 0.813. The zero-order valence-corrected chi connectivity index (χ0v) is 12.0. The van der Waals surface area contributed by atoms with E-state index in [4.69, 9.17) is 0 Å². The smallest absolute Gasteiger partial charge is 0.254 e. The molecule has 0 N–H and O–H groups in total. The van der Waals surface area contributed by atoms with Gasteiger partial charge in [-0.25, -0.2) is 0 Å². The molecule has 1 aliphatic rings. The number of hydrogen-bond donors (Lipinski definition) is 0. The molecule has 0 bridgehead atoms. The van der Waals surface area contributed by atoms with E-state index in [2.05, 4.69) is 15.9 Å². The van der Waals surface area contributed by atoms with Gasteiger partial charge in [0.05, 0.1) is 5.56 Å². The molecule has 1 aromatic rings. The molecule has 1 amide bonds. The molecule has 0 spiro atoms. The number of rotatable bonds is 2. The summed E-state index contributed by atoms with van der Waals surface area (Å²) < 4.78 is 0.926. The van der Waals surface area contributed by atoms with Crippen molar-refractivity contribution in [2.75, 3.05) is 7.05 Å². The third kappa shape index (κ3) is 2.54. The Labute approximate surface area is 111 Å². The SMILES string of the molecule is Cc1cccc(C(=O)N(C)C2CCCC2)c1Br. The Morgan fingerprint density at radius 3 is 2.65 bits per heavy atom. The first kappa shape index (κ1) is 12.6. The molecule has 2 rings (SSSR count). The minimum Gasteiger partial charge on any atom is -0.339 e. The summed E-state index contributed by atoms with van der Waals surface area (Å²) in [5.41, 5.74) is 1.88. The fourth-order valence-electron chi connectivity index (χ4n) is 2.46. The van der Waals surface area contributed by atoms with Gasteiger partial charge in [0.25, 0.3) is 5.91 Å². The molecule has 0 unspecified atom stereocenters. The predicted octanol–water partition coefficient (Wildman–Crippen LogP) is 3.77. The van der Waals surface area contributed by atoms with Crippen LogP contribution in [-0.2, 0) is 0 Å². The van der Waals surface area contributed by atoms with Gasteiger partial charge in [0.2, 0.25) is 0 Å². The van der Waals surface area contributed by atoms with Crippen LogP contribution >= 0.6 is 15.9 Å². The van der Waals surface area contributed by atoms with Crippen molar-refractivity contribution in [2.24, 2.45) is 0 Å². The molecule has 0 heterocycles. The van der Waals surface area contributed by atoms with Gasteiger partial charge in [-0.2, -0.15) is 0 Å². The fourth-order valence-corrected chi connectivity index (χ4v) is 2.89. The zero-order valence-electron chi connectivity index (χ0n) is 10.4. The number of halogens is 1. The second-order valence-electron chi connectivity index (χ2n) is 4.79. The van der Waals surface area contributed by atoms with E-state index >= 15 is 0 Å². The van der Waals surface area contributed by atoms with Crippen LogP contribution in [0.5, 0.6) is 0 Å². The first-order valence-corrected chi connectivity index (χ1v) is 6.93. The van der Waals surface area contributed by atoms with E-state index in [0.717, 1.165) is 28.4 Å². The van der Waals surface area contributed by atoms with Crippen molar-refractivity contribution in [3.05, 3.63) is 33.8 Å². The molecule has 17 heavy (non-hydrogen) atoms. The Morgan fingerprint density at radius 1 is 1.35 bits per heavy atom. The Bertz CT molecular complexity index is 424. The van der Waals surface area contributed by atoms with Crippen LogP contribution in [0, 0.1) is 6.92 Å². The summed E-state index contributed by atoms with van der Waals surface area (Å²) in [4.78, 5) is 14.3. The standard InChI is InChI=1S/C14H18BrNO/c1-10-6-5-9-12(13(10)15)14(17)16(2)11-7-3-4-8-11/h5-6,9,11H,3-4,7-8H2,1-2H3. The topological polar surface area (TPSA) is 20.3 Å². The maximum atomic E-state index is 12.4. The van der Waals surface area contributed by atoms with Crippen LogP contribution in [0.4, 0.5) is 0 Å². The lowest BCUT2D eigenvalue weighted by Gasteiger charge is -2.25. The van der Waals surface area contributed by atoms with Gasteiger partial charge >= 0.3 is 0 Å². The fraction of sp³-hybridized carbons (Fsp3) is 0.500. The van der Waals surface area contributed by atoms with E-state index < -0.39 is 0 Å². The van der Waals surface area contributed by atoms with Gasteiger partial charge in [-0.1, -0.05) is 25.0 Å². The molecule has 1 aliphatic carbocycles. The van der Waals surface area contributed by atoms with Gasteiger partial charge in [0.15, 0.2) is 0 Å². The first-order chi connectivity index (χ1) is 8.11. The van der Waals surface area contributed by atoms with Crippen molar-refractivity contribution in [3.63, 3.8) is 0 Å². The van der Waals surface area contributed by atoms with E-state index in [1.807, 2.05) is 37.1 Å². The van der Waals surface area contributed by atoms with E-state index in [9.17, 15) is 4.79 Å². The molecule has 0 aliphatic heterocycles. The van der Waals surface area contributed by atoms with Gasteiger partial charge in [0.1, 0.15) is 0 Å². The van der Waals surface area contributed by atoms with Crippen LogP contribution in [0.1, 0.15) is 41.6 Å². The summed E-state index contributed by atoms with van der Waals surface area (Å²) in [6.07, 6.45) is 4.78. The second-order valence-corrected chi connectivity index (χ2v) is 5.58. The zero-order chi connectivity index (χ0) is 12.4. The minimum absolute atomic E-state index is 0.132. The van der Waals surface area contributed by atoms with Crippen molar-refractivity contribution < 1.29 is 4.79 Å². The number of nitrogens with zero attached hydrogens (tertiary/aromatic N) is 1. The number of carbonyl (C=O) groups excluding carboxylic acids is 1. The van der Waals surface area contributed by atoms with Crippen LogP contribution < -0.4 is 0 Å². The van der Waals surface area contributed by atoms with Gasteiger partial charge < -0.3 is 4.90 Å². The first-order valence-electron chi connectivity index (χ1n) is 6.13. The molecule has 0 saturated heterocycles. The molecular weight excluding hydrogens is 278 g/mol. The summed E-state index contributed by atoms with van der Waals surface area (Å²) in [5, 5.41) is 0. The van der Waals surface area contributed by atoms with Crippen molar-refractivity contribution in [1.29, 1.82) is 0 Å². The van der Waals surface area contributed by atoms with Crippen molar-refractivity contribution in [3.8, 4) is 0 Å². The highest BCUT2D eigenvalue weighted by Gasteiger charge is 2.25. The van der Waals surface area contributed by atoms with Crippen LogP contribution in [0.2, 0.25) is 0 Å². The van der Waals surface area contributed by atoms with Gasteiger partial charge in [-0.3, -0.25) is 4.79 Å². The Kier molecular flexibility index (Phi) is 3.87. The molecule has 1 aromatic carbocycles. The van der Waals surface area contributed by atoms with Gasteiger partial charge in [-0.05, 0) is 47.3 Å². The molecular formula is C14H18BrNO. The number of hydrogen-bond acceptors (Lipinski definition) is 1. The lowest BCUT2D eigenvalue weighted by Crippen LogP contribution is -2.35. The maximum absolute atomic E-state index is 12.4. The lowest BCUT2D eigenvalue weighted by atomic mass is 10.1. The van der Waals surface area contributed by atoms with Crippen LogP contribution in [0.3, 0.4) is 0 Å². The highest BCUT2D eigenvalue weighted by Crippen LogP contribution is 2.27. The Balaban J connectivity index is 2.21.